The minimum Gasteiger partial charge on any atom is -0.465 e. The number of urea groups is 1. The highest BCUT2D eigenvalue weighted by Crippen LogP contribution is 2.23. The Morgan fingerprint density at radius 3 is 2.76 bits per heavy atom. The van der Waals surface area contributed by atoms with Crippen LogP contribution in [0, 0.1) is 6.92 Å². The summed E-state index contributed by atoms with van der Waals surface area (Å²) in [4.78, 5) is 14.5. The lowest BCUT2D eigenvalue weighted by atomic mass is 10.1. The van der Waals surface area contributed by atoms with Crippen molar-refractivity contribution in [2.24, 2.45) is 0 Å². The van der Waals surface area contributed by atoms with Crippen molar-refractivity contribution in [2.45, 2.75) is 13.0 Å². The minimum atomic E-state index is -0.274. The van der Waals surface area contributed by atoms with Crippen molar-refractivity contribution in [3.8, 4) is 0 Å². The third kappa shape index (κ3) is 4.98. The van der Waals surface area contributed by atoms with Crippen LogP contribution in [-0.2, 0) is 4.74 Å². The van der Waals surface area contributed by atoms with Crippen LogP contribution in [0.15, 0.2) is 40.8 Å². The van der Waals surface area contributed by atoms with Gasteiger partial charge in [0.25, 0.3) is 0 Å². The van der Waals surface area contributed by atoms with Gasteiger partial charge < -0.3 is 19.8 Å². The topological polar surface area (TPSA) is 66.7 Å². The number of carbonyl (C=O) groups is 1. The van der Waals surface area contributed by atoms with Crippen LogP contribution in [0.2, 0.25) is 5.02 Å². The van der Waals surface area contributed by atoms with Crippen LogP contribution < -0.4 is 10.6 Å². The van der Waals surface area contributed by atoms with Crippen molar-refractivity contribution in [3.63, 3.8) is 0 Å². The van der Waals surface area contributed by atoms with Crippen LogP contribution in [0.3, 0.4) is 0 Å². The number of benzene rings is 1. The average molecular weight is 364 g/mol. The Hall–Kier alpha value is -2.02. The number of nitrogens with one attached hydrogen (secondary N) is 2. The van der Waals surface area contributed by atoms with Crippen molar-refractivity contribution in [3.05, 3.63) is 52.9 Å². The van der Waals surface area contributed by atoms with Gasteiger partial charge >= 0.3 is 6.03 Å². The molecule has 3 rings (SSSR count). The normalized spacial score (nSPS) is 16.4. The molecule has 6 nitrogen and oxygen atoms in total. The molecule has 0 spiro atoms. The molecule has 0 saturated carbocycles. The predicted molar refractivity (Wildman–Crippen MR) is 97.1 cm³/mol. The number of furan rings is 1. The van der Waals surface area contributed by atoms with Crippen LogP contribution in [-0.4, -0.2) is 43.8 Å². The van der Waals surface area contributed by atoms with E-state index in [9.17, 15) is 4.79 Å². The molecule has 2 aromatic rings. The van der Waals surface area contributed by atoms with Gasteiger partial charge in [-0.25, -0.2) is 4.79 Å². The molecule has 0 bridgehead atoms. The summed E-state index contributed by atoms with van der Waals surface area (Å²) >= 11 is 5.94. The molecule has 2 heterocycles. The Balaban J connectivity index is 1.62. The zero-order valence-corrected chi connectivity index (χ0v) is 14.9. The van der Waals surface area contributed by atoms with Gasteiger partial charge in [-0.05, 0) is 37.3 Å². The summed E-state index contributed by atoms with van der Waals surface area (Å²) in [5.41, 5.74) is 0.654. The molecule has 1 fully saturated rings. The van der Waals surface area contributed by atoms with E-state index in [1.54, 1.807) is 24.3 Å². The largest absolute Gasteiger partial charge is 0.465 e. The third-order valence-electron chi connectivity index (χ3n) is 4.11. The van der Waals surface area contributed by atoms with E-state index < -0.39 is 0 Å². The molecule has 1 saturated heterocycles. The first-order chi connectivity index (χ1) is 12.1. The summed E-state index contributed by atoms with van der Waals surface area (Å²) < 4.78 is 11.2. The molecule has 1 aromatic carbocycles. The molecule has 0 unspecified atom stereocenters. The van der Waals surface area contributed by atoms with Crippen LogP contribution in [0.1, 0.15) is 17.6 Å². The number of amides is 2. The predicted octanol–water partition coefficient (Wildman–Crippen LogP) is 3.44. The monoisotopic (exact) mass is 363 g/mol. The first kappa shape index (κ1) is 17.8. The fraction of sp³-hybridized carbons (Fsp3) is 0.389. The Morgan fingerprint density at radius 2 is 2.08 bits per heavy atom. The van der Waals surface area contributed by atoms with Crippen LogP contribution in [0.25, 0.3) is 0 Å². The maximum absolute atomic E-state index is 12.2. The van der Waals surface area contributed by atoms with E-state index in [0.29, 0.717) is 30.5 Å². The van der Waals surface area contributed by atoms with Gasteiger partial charge in [0.2, 0.25) is 0 Å². The number of halogens is 1. The number of anilines is 1. The Bertz CT molecular complexity index is 713. The molecule has 1 aromatic heterocycles. The fourth-order valence-electron chi connectivity index (χ4n) is 2.86. The van der Waals surface area contributed by atoms with Gasteiger partial charge in [0.05, 0.1) is 19.3 Å². The zero-order chi connectivity index (χ0) is 17.6. The molecule has 1 aliphatic rings. The first-order valence-electron chi connectivity index (χ1n) is 8.30. The van der Waals surface area contributed by atoms with Gasteiger partial charge in [-0.15, -0.1) is 0 Å². The standard InChI is InChI=1S/C18H22ClN3O3/c1-13-5-6-17(25-13)16(22-7-9-24-10-8-22)12-20-18(23)21-15-4-2-3-14(19)11-15/h2-6,11,16H,7-10,12H2,1H3,(H2,20,21,23)/t16-/m1/s1. The lowest BCUT2D eigenvalue weighted by Gasteiger charge is -2.33. The van der Waals surface area contributed by atoms with E-state index in [0.717, 1.165) is 24.6 Å². The van der Waals surface area contributed by atoms with E-state index in [2.05, 4.69) is 15.5 Å². The number of rotatable bonds is 5. The molecule has 1 atom stereocenters. The second-order valence-corrected chi connectivity index (χ2v) is 6.39. The fourth-order valence-corrected chi connectivity index (χ4v) is 3.05. The van der Waals surface area contributed by atoms with Crippen LogP contribution >= 0.6 is 11.6 Å². The van der Waals surface area contributed by atoms with Crippen molar-refractivity contribution in [1.29, 1.82) is 0 Å². The van der Waals surface area contributed by atoms with Crippen LogP contribution in [0.4, 0.5) is 10.5 Å². The first-order valence-corrected chi connectivity index (χ1v) is 8.68. The quantitative estimate of drug-likeness (QED) is 0.854. The summed E-state index contributed by atoms with van der Waals surface area (Å²) in [6.07, 6.45) is 0. The lowest BCUT2D eigenvalue weighted by molar-refractivity contribution is 0.0122. The maximum Gasteiger partial charge on any atom is 0.319 e. The number of morpholine rings is 1. The summed E-state index contributed by atoms with van der Waals surface area (Å²) in [5, 5.41) is 6.29. The van der Waals surface area contributed by atoms with Crippen LogP contribution in [0.5, 0.6) is 0 Å². The summed E-state index contributed by atoms with van der Waals surface area (Å²) in [5.74, 6) is 1.71. The lowest BCUT2D eigenvalue weighted by Crippen LogP contribution is -2.44. The number of hydrogen-bond acceptors (Lipinski definition) is 4. The van der Waals surface area contributed by atoms with Crippen molar-refractivity contribution in [1.82, 2.24) is 10.2 Å². The van der Waals surface area contributed by atoms with Crippen molar-refractivity contribution in [2.75, 3.05) is 38.2 Å². The van der Waals surface area contributed by atoms with Gasteiger partial charge in [-0.3, -0.25) is 4.90 Å². The molecule has 0 radical (unpaired) electrons. The van der Waals surface area contributed by atoms with E-state index in [-0.39, 0.29) is 12.1 Å². The molecule has 2 N–H and O–H groups in total. The molecule has 2 amide bonds. The molecule has 25 heavy (non-hydrogen) atoms. The molecule has 1 aliphatic heterocycles. The number of ether oxygens (including phenoxy) is 1. The Kier molecular flexibility index (Phi) is 5.96. The molecule has 7 heteroatoms. The number of nitrogens with zero attached hydrogens (tertiary/aromatic N) is 1. The van der Waals surface area contributed by atoms with Gasteiger partial charge in [0.15, 0.2) is 0 Å². The van der Waals surface area contributed by atoms with Crippen molar-refractivity contribution < 1.29 is 13.9 Å². The number of hydrogen-bond donors (Lipinski definition) is 2. The zero-order valence-electron chi connectivity index (χ0n) is 14.1. The minimum absolute atomic E-state index is 0.0253. The molecular formula is C18H22ClN3O3. The summed E-state index contributed by atoms with van der Waals surface area (Å²) in [7, 11) is 0. The Morgan fingerprint density at radius 1 is 1.28 bits per heavy atom. The molecule has 134 valence electrons. The summed E-state index contributed by atoms with van der Waals surface area (Å²) in [6, 6.07) is 10.7. The van der Waals surface area contributed by atoms with E-state index >= 15 is 0 Å². The van der Waals surface area contributed by atoms with E-state index in [1.165, 1.54) is 0 Å². The smallest absolute Gasteiger partial charge is 0.319 e. The second kappa shape index (κ2) is 8.38. The SMILES string of the molecule is Cc1ccc([C@@H](CNC(=O)Nc2cccc(Cl)c2)N2CCOCC2)o1. The average Bonchev–Trinajstić information content (AvgIpc) is 3.02. The van der Waals surface area contributed by atoms with Gasteiger partial charge in [-0.2, -0.15) is 0 Å². The van der Waals surface area contributed by atoms with Gasteiger partial charge in [0.1, 0.15) is 11.5 Å². The van der Waals surface area contributed by atoms with E-state index in [1.807, 2.05) is 19.1 Å². The number of carbonyl (C=O) groups excluding carboxylic acids is 1. The highest BCUT2D eigenvalue weighted by Gasteiger charge is 2.25. The van der Waals surface area contributed by atoms with Crippen molar-refractivity contribution >= 4 is 23.3 Å². The highest BCUT2D eigenvalue weighted by molar-refractivity contribution is 6.30. The Labute approximate surface area is 152 Å². The summed E-state index contributed by atoms with van der Waals surface area (Å²) in [6.45, 7) is 5.35. The number of aryl methyl sites for hydroxylation is 1. The second-order valence-electron chi connectivity index (χ2n) is 5.96. The third-order valence-corrected chi connectivity index (χ3v) is 4.35. The maximum atomic E-state index is 12.2. The molecular weight excluding hydrogens is 342 g/mol. The van der Waals surface area contributed by atoms with Gasteiger partial charge in [0, 0.05) is 30.3 Å². The van der Waals surface area contributed by atoms with Gasteiger partial charge in [-0.1, -0.05) is 17.7 Å². The highest BCUT2D eigenvalue weighted by atomic mass is 35.5. The van der Waals surface area contributed by atoms with E-state index in [4.69, 9.17) is 20.8 Å². The molecule has 0 aliphatic carbocycles.